The van der Waals surface area contributed by atoms with Gasteiger partial charge >= 0.3 is 0 Å². The van der Waals surface area contributed by atoms with Crippen molar-refractivity contribution in [3.05, 3.63) is 47.8 Å². The Morgan fingerprint density at radius 3 is 2.82 bits per heavy atom. The average Bonchev–Trinajstić information content (AvgIpc) is 3.00. The van der Waals surface area contributed by atoms with Gasteiger partial charge in [0.2, 0.25) is 6.79 Å². The summed E-state index contributed by atoms with van der Waals surface area (Å²) in [5.41, 5.74) is 7.50. The minimum atomic E-state index is -0.125. The molecule has 2 aromatic rings. The van der Waals surface area contributed by atoms with Gasteiger partial charge in [-0.25, -0.2) is 4.98 Å². The van der Waals surface area contributed by atoms with Crippen molar-refractivity contribution in [2.45, 2.75) is 13.5 Å². The molecule has 1 aliphatic heterocycles. The summed E-state index contributed by atoms with van der Waals surface area (Å²) in [6.45, 7) is 3.24. The largest absolute Gasteiger partial charge is 0.454 e. The lowest BCUT2D eigenvalue weighted by molar-refractivity contribution is 0.0746. The molecule has 6 heteroatoms. The molecule has 22 heavy (non-hydrogen) atoms. The maximum atomic E-state index is 12.5. The topological polar surface area (TPSA) is 77.7 Å². The van der Waals surface area contributed by atoms with E-state index in [1.165, 1.54) is 6.20 Å². The molecular formula is C16H17N3O3. The van der Waals surface area contributed by atoms with Crippen molar-refractivity contribution in [2.75, 3.05) is 19.1 Å². The van der Waals surface area contributed by atoms with Crippen LogP contribution in [0.1, 0.15) is 23.0 Å². The van der Waals surface area contributed by atoms with Gasteiger partial charge in [0, 0.05) is 13.1 Å². The Morgan fingerprint density at radius 2 is 2.09 bits per heavy atom. The number of nitrogens with zero attached hydrogens (tertiary/aromatic N) is 2. The zero-order valence-corrected chi connectivity index (χ0v) is 12.3. The van der Waals surface area contributed by atoms with Gasteiger partial charge in [-0.15, -0.1) is 0 Å². The van der Waals surface area contributed by atoms with Gasteiger partial charge in [0.1, 0.15) is 5.69 Å². The lowest BCUT2D eigenvalue weighted by Gasteiger charge is -2.20. The second kappa shape index (κ2) is 5.93. The van der Waals surface area contributed by atoms with Crippen LogP contribution in [0.2, 0.25) is 0 Å². The Morgan fingerprint density at radius 1 is 1.27 bits per heavy atom. The Labute approximate surface area is 128 Å². The Bertz CT molecular complexity index is 686. The third-order valence-electron chi connectivity index (χ3n) is 3.48. The third-order valence-corrected chi connectivity index (χ3v) is 3.48. The Balaban J connectivity index is 1.76. The zero-order valence-electron chi connectivity index (χ0n) is 12.3. The number of nitrogen functional groups attached to an aromatic ring is 1. The first-order valence-corrected chi connectivity index (χ1v) is 7.06. The van der Waals surface area contributed by atoms with E-state index in [9.17, 15) is 4.79 Å². The van der Waals surface area contributed by atoms with Crippen LogP contribution in [0, 0.1) is 0 Å². The number of anilines is 1. The number of rotatable bonds is 4. The quantitative estimate of drug-likeness (QED) is 0.935. The molecule has 0 saturated carbocycles. The summed E-state index contributed by atoms with van der Waals surface area (Å²) in [5, 5.41) is 0. The second-order valence-electron chi connectivity index (χ2n) is 4.98. The highest BCUT2D eigenvalue weighted by Gasteiger charge is 2.18. The first-order valence-electron chi connectivity index (χ1n) is 7.06. The Hall–Kier alpha value is -2.76. The van der Waals surface area contributed by atoms with Crippen molar-refractivity contribution in [3.8, 4) is 11.5 Å². The molecule has 0 aliphatic carbocycles. The summed E-state index contributed by atoms with van der Waals surface area (Å²) in [6.07, 6.45) is 1.49. The predicted molar refractivity (Wildman–Crippen MR) is 81.6 cm³/mol. The van der Waals surface area contributed by atoms with E-state index in [4.69, 9.17) is 15.2 Å². The average molecular weight is 299 g/mol. The fourth-order valence-corrected chi connectivity index (χ4v) is 2.28. The van der Waals surface area contributed by atoms with E-state index >= 15 is 0 Å². The molecule has 114 valence electrons. The molecule has 0 fully saturated rings. The highest BCUT2D eigenvalue weighted by molar-refractivity contribution is 5.92. The van der Waals surface area contributed by atoms with E-state index in [0.29, 0.717) is 30.2 Å². The van der Waals surface area contributed by atoms with Gasteiger partial charge in [0.05, 0.1) is 11.9 Å². The van der Waals surface area contributed by atoms with Crippen LogP contribution in [0.5, 0.6) is 11.5 Å². The van der Waals surface area contributed by atoms with Gasteiger partial charge in [0.15, 0.2) is 11.5 Å². The molecule has 2 N–H and O–H groups in total. The Kier molecular flexibility index (Phi) is 3.82. The van der Waals surface area contributed by atoms with Crippen molar-refractivity contribution in [1.29, 1.82) is 0 Å². The molecule has 1 amide bonds. The van der Waals surface area contributed by atoms with Gasteiger partial charge in [0.25, 0.3) is 5.91 Å². The first kappa shape index (κ1) is 14.2. The maximum Gasteiger partial charge on any atom is 0.272 e. The normalized spacial score (nSPS) is 12.2. The summed E-state index contributed by atoms with van der Waals surface area (Å²) < 4.78 is 10.6. The highest BCUT2D eigenvalue weighted by Crippen LogP contribution is 2.32. The van der Waals surface area contributed by atoms with E-state index in [2.05, 4.69) is 4.98 Å². The molecule has 2 heterocycles. The third kappa shape index (κ3) is 2.81. The van der Waals surface area contributed by atoms with Crippen LogP contribution < -0.4 is 15.2 Å². The van der Waals surface area contributed by atoms with Crippen LogP contribution in [-0.2, 0) is 6.54 Å². The predicted octanol–water partition coefficient (Wildman–Crippen LogP) is 2.05. The summed E-state index contributed by atoms with van der Waals surface area (Å²) in [7, 11) is 0. The molecular weight excluding hydrogens is 282 g/mol. The SMILES string of the molecule is CCN(Cc1ccc2c(c1)OCO2)C(=O)c1ccc(N)cn1. The molecule has 0 atom stereocenters. The fraction of sp³-hybridized carbons (Fsp3) is 0.250. The van der Waals surface area contributed by atoms with Gasteiger partial charge in [-0.2, -0.15) is 0 Å². The van der Waals surface area contributed by atoms with E-state index in [0.717, 1.165) is 11.3 Å². The molecule has 6 nitrogen and oxygen atoms in total. The number of hydrogen-bond acceptors (Lipinski definition) is 5. The summed E-state index contributed by atoms with van der Waals surface area (Å²) in [5.74, 6) is 1.32. The number of fused-ring (bicyclic) bond motifs is 1. The monoisotopic (exact) mass is 299 g/mol. The van der Waals surface area contributed by atoms with Crippen LogP contribution in [0.15, 0.2) is 36.5 Å². The van der Waals surface area contributed by atoms with Crippen molar-refractivity contribution < 1.29 is 14.3 Å². The zero-order chi connectivity index (χ0) is 15.5. The molecule has 0 bridgehead atoms. The number of ether oxygens (including phenoxy) is 2. The van der Waals surface area contributed by atoms with E-state index < -0.39 is 0 Å². The molecule has 1 aliphatic rings. The number of amides is 1. The minimum absolute atomic E-state index is 0.125. The fourth-order valence-electron chi connectivity index (χ4n) is 2.28. The van der Waals surface area contributed by atoms with E-state index in [1.807, 2.05) is 25.1 Å². The first-order chi connectivity index (χ1) is 10.7. The number of aromatic nitrogens is 1. The number of benzene rings is 1. The van der Waals surface area contributed by atoms with Gasteiger partial charge < -0.3 is 20.1 Å². The summed E-state index contributed by atoms with van der Waals surface area (Å²) in [6, 6.07) is 9.00. The molecule has 0 saturated heterocycles. The van der Waals surface area contributed by atoms with E-state index in [-0.39, 0.29) is 12.7 Å². The summed E-state index contributed by atoms with van der Waals surface area (Å²) in [4.78, 5) is 18.3. The van der Waals surface area contributed by atoms with Gasteiger partial charge in [-0.3, -0.25) is 4.79 Å². The second-order valence-corrected chi connectivity index (χ2v) is 4.98. The number of nitrogens with two attached hydrogens (primary N) is 1. The van der Waals surface area contributed by atoms with Crippen molar-refractivity contribution >= 4 is 11.6 Å². The van der Waals surface area contributed by atoms with Crippen LogP contribution in [-0.4, -0.2) is 29.1 Å². The van der Waals surface area contributed by atoms with Crippen molar-refractivity contribution in [3.63, 3.8) is 0 Å². The van der Waals surface area contributed by atoms with Crippen molar-refractivity contribution in [1.82, 2.24) is 9.88 Å². The minimum Gasteiger partial charge on any atom is -0.454 e. The number of hydrogen-bond donors (Lipinski definition) is 1. The number of carbonyl (C=O) groups excluding carboxylic acids is 1. The van der Waals surface area contributed by atoms with Gasteiger partial charge in [-0.05, 0) is 36.8 Å². The van der Waals surface area contributed by atoms with Gasteiger partial charge in [-0.1, -0.05) is 6.07 Å². The molecule has 0 unspecified atom stereocenters. The van der Waals surface area contributed by atoms with E-state index in [1.54, 1.807) is 17.0 Å². The lowest BCUT2D eigenvalue weighted by Crippen LogP contribution is -2.30. The molecule has 3 rings (SSSR count). The standard InChI is InChI=1S/C16H17N3O3/c1-2-19(16(20)13-5-4-12(17)8-18-13)9-11-3-6-14-15(7-11)22-10-21-14/h3-8H,2,9-10,17H2,1H3. The number of pyridine rings is 1. The summed E-state index contributed by atoms with van der Waals surface area (Å²) >= 11 is 0. The smallest absolute Gasteiger partial charge is 0.272 e. The van der Waals surface area contributed by atoms with Crippen LogP contribution in [0.25, 0.3) is 0 Å². The lowest BCUT2D eigenvalue weighted by atomic mass is 10.1. The molecule has 1 aromatic carbocycles. The van der Waals surface area contributed by atoms with Crippen LogP contribution in [0.4, 0.5) is 5.69 Å². The van der Waals surface area contributed by atoms with Crippen molar-refractivity contribution in [2.24, 2.45) is 0 Å². The number of carbonyl (C=O) groups is 1. The highest BCUT2D eigenvalue weighted by atomic mass is 16.7. The molecule has 1 aromatic heterocycles. The molecule has 0 spiro atoms. The van der Waals surface area contributed by atoms with Crippen LogP contribution in [0.3, 0.4) is 0 Å². The maximum absolute atomic E-state index is 12.5. The molecule has 0 radical (unpaired) electrons. The van der Waals surface area contributed by atoms with Crippen LogP contribution >= 0.6 is 0 Å².